The fourth-order valence-corrected chi connectivity index (χ4v) is 3.19. The molecule has 1 fully saturated rings. The van der Waals surface area contributed by atoms with Gasteiger partial charge in [-0.1, -0.05) is 47.5 Å². The molecule has 0 unspecified atom stereocenters. The van der Waals surface area contributed by atoms with Gasteiger partial charge in [0.1, 0.15) is 0 Å². The fraction of sp³-hybridized carbons (Fsp3) is 0.850. The van der Waals surface area contributed by atoms with Crippen LogP contribution in [-0.4, -0.2) is 41.4 Å². The molecule has 1 rings (SSSR count). The van der Waals surface area contributed by atoms with Crippen LogP contribution in [0.4, 0.5) is 0 Å². The highest BCUT2D eigenvalue weighted by molar-refractivity contribution is 5.87. The van der Waals surface area contributed by atoms with Crippen molar-refractivity contribution in [2.24, 2.45) is 5.41 Å². The summed E-state index contributed by atoms with van der Waals surface area (Å²) in [5, 5.41) is 0. The zero-order chi connectivity index (χ0) is 17.3. The summed E-state index contributed by atoms with van der Waals surface area (Å²) in [4.78, 5) is 16.7. The minimum atomic E-state index is 0.190. The lowest BCUT2D eigenvalue weighted by molar-refractivity contribution is -0.125. The third-order valence-electron chi connectivity index (χ3n) is 4.66. The van der Waals surface area contributed by atoms with Gasteiger partial charge < -0.3 is 9.80 Å². The highest BCUT2D eigenvalue weighted by Gasteiger charge is 2.19. The van der Waals surface area contributed by atoms with E-state index in [1.54, 1.807) is 0 Å². The molecule has 1 amide bonds. The molecule has 1 aliphatic rings. The quantitative estimate of drug-likeness (QED) is 0.568. The van der Waals surface area contributed by atoms with Crippen LogP contribution < -0.4 is 0 Å². The minimum Gasteiger partial charge on any atom is -0.374 e. The van der Waals surface area contributed by atoms with E-state index in [2.05, 4.69) is 45.7 Å². The summed E-state index contributed by atoms with van der Waals surface area (Å²) < 4.78 is 0. The number of hydrogen-bond donors (Lipinski definition) is 0. The highest BCUT2D eigenvalue weighted by Crippen LogP contribution is 2.22. The molecular weight excluding hydrogens is 284 g/mol. The predicted octanol–water partition coefficient (Wildman–Crippen LogP) is 4.83. The van der Waals surface area contributed by atoms with Crippen molar-refractivity contribution in [1.29, 1.82) is 0 Å². The molecule has 0 aliphatic carbocycles. The van der Waals surface area contributed by atoms with Gasteiger partial charge in [0, 0.05) is 38.0 Å². The second-order valence-electron chi connectivity index (χ2n) is 8.13. The molecular formula is C20H38N2O. The summed E-state index contributed by atoms with van der Waals surface area (Å²) in [7, 11) is 0. The topological polar surface area (TPSA) is 23.6 Å². The summed E-state index contributed by atoms with van der Waals surface area (Å²) in [6.07, 6.45) is 12.2. The average molecular weight is 323 g/mol. The van der Waals surface area contributed by atoms with E-state index in [4.69, 9.17) is 0 Å². The number of carbonyl (C=O) groups excluding carboxylic acids is 1. The smallest absolute Gasteiger partial charge is 0.248 e. The zero-order valence-electron chi connectivity index (χ0n) is 16.1. The molecule has 1 saturated heterocycles. The first kappa shape index (κ1) is 20.1. The van der Waals surface area contributed by atoms with Crippen molar-refractivity contribution >= 4 is 5.91 Å². The van der Waals surface area contributed by atoms with Crippen LogP contribution in [0.5, 0.6) is 0 Å². The molecule has 0 N–H and O–H groups in total. The number of hydrogen-bond acceptors (Lipinski definition) is 2. The lowest BCUT2D eigenvalue weighted by Crippen LogP contribution is -2.34. The SMILES string of the molecule is CCCC(CCC)N(/C=C/C(=O)N1CCCC1)CCC(C)(C)C. The van der Waals surface area contributed by atoms with Crippen LogP contribution in [0.15, 0.2) is 12.3 Å². The second kappa shape index (κ2) is 10.00. The van der Waals surface area contributed by atoms with Gasteiger partial charge in [-0.3, -0.25) is 4.79 Å². The maximum absolute atomic E-state index is 12.3. The van der Waals surface area contributed by atoms with Gasteiger partial charge in [-0.2, -0.15) is 0 Å². The number of carbonyl (C=O) groups is 1. The van der Waals surface area contributed by atoms with Crippen molar-refractivity contribution in [2.45, 2.75) is 85.6 Å². The van der Waals surface area contributed by atoms with Gasteiger partial charge in [-0.15, -0.1) is 0 Å². The van der Waals surface area contributed by atoms with Crippen molar-refractivity contribution in [3.8, 4) is 0 Å². The predicted molar refractivity (Wildman–Crippen MR) is 99.3 cm³/mol. The van der Waals surface area contributed by atoms with E-state index in [9.17, 15) is 4.79 Å². The molecule has 3 heteroatoms. The Kier molecular flexibility index (Phi) is 8.72. The second-order valence-corrected chi connectivity index (χ2v) is 8.13. The van der Waals surface area contributed by atoms with Crippen molar-refractivity contribution in [1.82, 2.24) is 9.80 Å². The van der Waals surface area contributed by atoms with E-state index in [0.717, 1.165) is 38.9 Å². The lowest BCUT2D eigenvalue weighted by Gasteiger charge is -2.33. The Hall–Kier alpha value is -0.990. The molecule has 0 atom stereocenters. The van der Waals surface area contributed by atoms with Crippen molar-refractivity contribution in [3.63, 3.8) is 0 Å². The standard InChI is InChI=1S/C20H38N2O/c1-6-10-18(11-7-2)21(17-13-20(3,4)5)16-12-19(23)22-14-8-9-15-22/h12,16,18H,6-11,13-15,17H2,1-5H3/b16-12+. The van der Waals surface area contributed by atoms with E-state index in [0.29, 0.717) is 11.5 Å². The first-order valence-electron chi connectivity index (χ1n) is 9.60. The number of nitrogens with zero attached hydrogens (tertiary/aromatic N) is 2. The van der Waals surface area contributed by atoms with E-state index in [1.807, 2.05) is 11.0 Å². The Balaban J connectivity index is 2.72. The molecule has 1 heterocycles. The molecule has 0 aromatic heterocycles. The molecule has 0 radical (unpaired) electrons. The average Bonchev–Trinajstić information content (AvgIpc) is 3.00. The monoisotopic (exact) mass is 322 g/mol. The van der Waals surface area contributed by atoms with Crippen LogP contribution in [0.1, 0.15) is 79.6 Å². The van der Waals surface area contributed by atoms with Gasteiger partial charge in [0.2, 0.25) is 5.91 Å². The molecule has 1 aliphatic heterocycles. The van der Waals surface area contributed by atoms with Gasteiger partial charge in [-0.25, -0.2) is 0 Å². The first-order valence-corrected chi connectivity index (χ1v) is 9.60. The van der Waals surface area contributed by atoms with Gasteiger partial charge in [0.05, 0.1) is 0 Å². The number of amides is 1. The van der Waals surface area contributed by atoms with Gasteiger partial charge in [-0.05, 0) is 37.5 Å². The van der Waals surface area contributed by atoms with Crippen LogP contribution in [0.25, 0.3) is 0 Å². The van der Waals surface area contributed by atoms with Crippen LogP contribution in [0.2, 0.25) is 0 Å². The third-order valence-corrected chi connectivity index (χ3v) is 4.66. The Morgan fingerprint density at radius 1 is 1.13 bits per heavy atom. The van der Waals surface area contributed by atoms with E-state index < -0.39 is 0 Å². The van der Waals surface area contributed by atoms with Gasteiger partial charge in [0.25, 0.3) is 0 Å². The number of likely N-dealkylation sites (tertiary alicyclic amines) is 1. The summed E-state index contributed by atoms with van der Waals surface area (Å²) in [6, 6.07) is 0.565. The Morgan fingerprint density at radius 2 is 1.70 bits per heavy atom. The van der Waals surface area contributed by atoms with E-state index >= 15 is 0 Å². The third kappa shape index (κ3) is 7.90. The van der Waals surface area contributed by atoms with E-state index in [1.165, 1.54) is 25.7 Å². The molecule has 3 nitrogen and oxygen atoms in total. The summed E-state index contributed by atoms with van der Waals surface area (Å²) in [5.74, 6) is 0.190. The van der Waals surface area contributed by atoms with Gasteiger partial charge >= 0.3 is 0 Å². The summed E-state index contributed by atoms with van der Waals surface area (Å²) in [6.45, 7) is 14.3. The molecule has 0 bridgehead atoms. The minimum absolute atomic E-state index is 0.190. The summed E-state index contributed by atoms with van der Waals surface area (Å²) >= 11 is 0. The van der Waals surface area contributed by atoms with Crippen molar-refractivity contribution in [2.75, 3.05) is 19.6 Å². The van der Waals surface area contributed by atoms with Crippen LogP contribution in [0.3, 0.4) is 0 Å². The first-order chi connectivity index (χ1) is 10.9. The van der Waals surface area contributed by atoms with Crippen LogP contribution in [0, 0.1) is 5.41 Å². The molecule has 23 heavy (non-hydrogen) atoms. The van der Waals surface area contributed by atoms with Gasteiger partial charge in [0.15, 0.2) is 0 Å². The molecule has 0 aromatic carbocycles. The Bertz CT molecular complexity index is 358. The zero-order valence-corrected chi connectivity index (χ0v) is 16.1. The van der Waals surface area contributed by atoms with E-state index in [-0.39, 0.29) is 5.91 Å². The largest absolute Gasteiger partial charge is 0.374 e. The maximum Gasteiger partial charge on any atom is 0.248 e. The molecule has 134 valence electrons. The number of rotatable bonds is 9. The maximum atomic E-state index is 12.3. The normalized spacial score (nSPS) is 15.8. The molecule has 0 aromatic rings. The van der Waals surface area contributed by atoms with Crippen molar-refractivity contribution < 1.29 is 4.79 Å². The Morgan fingerprint density at radius 3 is 2.17 bits per heavy atom. The molecule has 0 saturated carbocycles. The van der Waals surface area contributed by atoms with Crippen molar-refractivity contribution in [3.05, 3.63) is 12.3 Å². The lowest BCUT2D eigenvalue weighted by atomic mass is 9.91. The highest BCUT2D eigenvalue weighted by atomic mass is 16.2. The molecule has 0 spiro atoms. The summed E-state index contributed by atoms with van der Waals surface area (Å²) in [5.41, 5.74) is 0.327. The fourth-order valence-electron chi connectivity index (χ4n) is 3.19. The Labute approximate surface area is 144 Å². The van der Waals surface area contributed by atoms with Crippen LogP contribution in [-0.2, 0) is 4.79 Å². The van der Waals surface area contributed by atoms with Crippen LogP contribution >= 0.6 is 0 Å².